The Balaban J connectivity index is 1.37. The van der Waals surface area contributed by atoms with Crippen molar-refractivity contribution in [2.75, 3.05) is 13.2 Å². The number of aromatic amines is 1. The maximum Gasteiger partial charge on any atom is 0.439 e. The van der Waals surface area contributed by atoms with E-state index >= 15 is 0 Å². The van der Waals surface area contributed by atoms with Crippen molar-refractivity contribution in [1.29, 1.82) is 0 Å². The maximum atomic E-state index is 11.5. The highest BCUT2D eigenvalue weighted by molar-refractivity contribution is 5.84. The van der Waals surface area contributed by atoms with Crippen LogP contribution in [0.25, 0.3) is 28.1 Å². The quantitative estimate of drug-likeness (QED) is 0.298. The van der Waals surface area contributed by atoms with Gasteiger partial charge >= 0.3 is 5.76 Å². The van der Waals surface area contributed by atoms with Crippen molar-refractivity contribution in [1.82, 2.24) is 15.0 Å². The van der Waals surface area contributed by atoms with Crippen LogP contribution in [0.2, 0.25) is 0 Å². The van der Waals surface area contributed by atoms with Gasteiger partial charge < -0.3 is 14.4 Å². The van der Waals surface area contributed by atoms with Gasteiger partial charge in [0, 0.05) is 23.4 Å². The van der Waals surface area contributed by atoms with Crippen molar-refractivity contribution < 1.29 is 14.0 Å². The fraction of sp³-hybridized carbons (Fsp3) is 0.258. The third-order valence-corrected chi connectivity index (χ3v) is 6.43. The first kappa shape index (κ1) is 26.0. The van der Waals surface area contributed by atoms with E-state index in [0.717, 1.165) is 44.8 Å². The van der Waals surface area contributed by atoms with Crippen molar-refractivity contribution >= 4 is 11.6 Å². The predicted molar refractivity (Wildman–Crippen MR) is 152 cm³/mol. The average Bonchev–Trinajstić information content (AvgIpc) is 3.37. The zero-order valence-corrected chi connectivity index (χ0v) is 22.6. The minimum absolute atomic E-state index is 0.131. The van der Waals surface area contributed by atoms with E-state index in [9.17, 15) is 4.79 Å². The van der Waals surface area contributed by atoms with Crippen LogP contribution in [-0.2, 0) is 11.3 Å². The Labute approximate surface area is 227 Å². The summed E-state index contributed by atoms with van der Waals surface area (Å²) in [5.74, 6) is 0.686. The van der Waals surface area contributed by atoms with Gasteiger partial charge in [0.05, 0.1) is 19.3 Å². The molecule has 5 rings (SSSR count). The Kier molecular flexibility index (Phi) is 7.63. The molecule has 2 heterocycles. The van der Waals surface area contributed by atoms with Gasteiger partial charge in [0.1, 0.15) is 5.75 Å². The molecule has 0 radical (unpaired) electrons. The molecule has 0 amide bonds. The Morgan fingerprint density at radius 3 is 2.31 bits per heavy atom. The van der Waals surface area contributed by atoms with E-state index in [-0.39, 0.29) is 6.10 Å². The Morgan fingerprint density at radius 1 is 0.974 bits per heavy atom. The summed E-state index contributed by atoms with van der Waals surface area (Å²) in [6.07, 6.45) is 0.131. The topological polar surface area (TPSA) is 92.9 Å². The predicted octanol–water partition coefficient (Wildman–Crippen LogP) is 6.12. The number of hydrogen-bond donors (Lipinski definition) is 1. The lowest BCUT2D eigenvalue weighted by molar-refractivity contribution is 0.242. The number of amidine groups is 1. The standard InChI is InChI=1S/C31H32N4O4/c1-5-37-30-32-21(4)28(24-14-16-25(17-15-24)38-20(2)3)19-35(30)18-22-10-12-23(13-11-22)26-8-6-7-9-27(26)29-33-31(36)39-34-29/h6-17,20H,5,18-19H2,1-4H3,(H,33,34,36). The molecule has 1 aromatic heterocycles. The van der Waals surface area contributed by atoms with Gasteiger partial charge in [0.25, 0.3) is 6.02 Å². The Bertz CT molecular complexity index is 1550. The van der Waals surface area contributed by atoms with E-state index in [1.54, 1.807) is 0 Å². The van der Waals surface area contributed by atoms with Crippen LogP contribution in [0.4, 0.5) is 0 Å². The lowest BCUT2D eigenvalue weighted by Crippen LogP contribution is -2.36. The second-order valence-electron chi connectivity index (χ2n) is 9.62. The molecule has 1 aliphatic rings. The minimum Gasteiger partial charge on any atom is -0.491 e. The molecule has 0 fully saturated rings. The molecule has 0 aliphatic carbocycles. The number of hydrogen-bond acceptors (Lipinski definition) is 7. The number of nitrogens with one attached hydrogen (secondary N) is 1. The summed E-state index contributed by atoms with van der Waals surface area (Å²) in [4.78, 5) is 21.1. The van der Waals surface area contributed by atoms with E-state index in [1.165, 1.54) is 0 Å². The van der Waals surface area contributed by atoms with Crippen molar-refractivity contribution in [2.45, 2.75) is 40.3 Å². The number of rotatable bonds is 8. The van der Waals surface area contributed by atoms with Gasteiger partial charge in [0.15, 0.2) is 5.82 Å². The van der Waals surface area contributed by atoms with Crippen LogP contribution in [-0.4, -0.2) is 40.3 Å². The highest BCUT2D eigenvalue weighted by Gasteiger charge is 2.23. The molecule has 0 saturated heterocycles. The summed E-state index contributed by atoms with van der Waals surface area (Å²) < 4.78 is 16.4. The minimum atomic E-state index is -0.577. The normalized spacial score (nSPS) is 13.6. The largest absolute Gasteiger partial charge is 0.491 e. The molecule has 0 bridgehead atoms. The monoisotopic (exact) mass is 524 g/mol. The van der Waals surface area contributed by atoms with Crippen molar-refractivity contribution in [3.05, 3.63) is 100 Å². The fourth-order valence-corrected chi connectivity index (χ4v) is 4.64. The van der Waals surface area contributed by atoms with Crippen molar-refractivity contribution in [2.24, 2.45) is 4.99 Å². The van der Waals surface area contributed by atoms with Crippen LogP contribution < -0.4 is 10.5 Å². The number of aliphatic imine (C=N–C) groups is 1. The lowest BCUT2D eigenvalue weighted by atomic mass is 9.98. The van der Waals surface area contributed by atoms with Gasteiger partial charge in [-0.05, 0) is 62.1 Å². The number of aromatic nitrogens is 2. The highest BCUT2D eigenvalue weighted by atomic mass is 16.5. The molecule has 8 heteroatoms. The van der Waals surface area contributed by atoms with Crippen LogP contribution in [0.1, 0.15) is 38.8 Å². The van der Waals surface area contributed by atoms with Gasteiger partial charge in [-0.25, -0.2) is 9.79 Å². The van der Waals surface area contributed by atoms with E-state index in [0.29, 0.717) is 31.5 Å². The van der Waals surface area contributed by atoms with Crippen LogP contribution in [0.3, 0.4) is 0 Å². The summed E-state index contributed by atoms with van der Waals surface area (Å²) in [6.45, 7) is 9.90. The van der Waals surface area contributed by atoms with Gasteiger partial charge in [-0.15, -0.1) is 0 Å². The smallest absolute Gasteiger partial charge is 0.439 e. The summed E-state index contributed by atoms with van der Waals surface area (Å²) >= 11 is 0. The second kappa shape index (κ2) is 11.4. The Morgan fingerprint density at radius 2 is 1.67 bits per heavy atom. The van der Waals surface area contributed by atoms with Gasteiger partial charge in [-0.2, -0.15) is 0 Å². The molecule has 0 unspecified atom stereocenters. The van der Waals surface area contributed by atoms with Crippen molar-refractivity contribution in [3.8, 4) is 28.3 Å². The molecular formula is C31H32N4O4. The first-order valence-electron chi connectivity index (χ1n) is 13.1. The summed E-state index contributed by atoms with van der Waals surface area (Å²) in [6, 6.07) is 24.9. The molecule has 0 atom stereocenters. The van der Waals surface area contributed by atoms with E-state index in [1.807, 2.05) is 64.1 Å². The number of ether oxygens (including phenoxy) is 2. The summed E-state index contributed by atoms with van der Waals surface area (Å²) in [5, 5.41) is 3.86. The van der Waals surface area contributed by atoms with Gasteiger partial charge in [-0.3, -0.25) is 9.51 Å². The zero-order chi connectivity index (χ0) is 27.4. The molecule has 4 aromatic rings. The first-order chi connectivity index (χ1) is 18.9. The molecule has 1 N–H and O–H groups in total. The molecule has 3 aromatic carbocycles. The SMILES string of the molecule is CCOC1=NC(C)=C(c2ccc(OC(C)C)cc2)CN1Cc1ccc(-c2ccccc2-c2noc(=O)[nH]2)cc1. The molecule has 0 saturated carbocycles. The number of nitrogens with zero attached hydrogens (tertiary/aromatic N) is 3. The molecular weight excluding hydrogens is 492 g/mol. The van der Waals surface area contributed by atoms with Crippen LogP contribution in [0, 0.1) is 0 Å². The van der Waals surface area contributed by atoms with Gasteiger partial charge in [0.2, 0.25) is 0 Å². The maximum absolute atomic E-state index is 11.5. The van der Waals surface area contributed by atoms with Crippen LogP contribution >= 0.6 is 0 Å². The second-order valence-corrected chi connectivity index (χ2v) is 9.62. The third kappa shape index (κ3) is 5.95. The van der Waals surface area contributed by atoms with E-state index < -0.39 is 5.76 Å². The first-order valence-corrected chi connectivity index (χ1v) is 13.1. The summed E-state index contributed by atoms with van der Waals surface area (Å²) in [5.41, 5.74) is 7.10. The number of allylic oxidation sites excluding steroid dienone is 1. The average molecular weight is 525 g/mol. The molecule has 1 aliphatic heterocycles. The Hall–Kier alpha value is -4.59. The third-order valence-electron chi connectivity index (χ3n) is 6.43. The number of benzene rings is 3. The zero-order valence-electron chi connectivity index (χ0n) is 22.6. The number of H-pyrrole nitrogens is 1. The molecule has 39 heavy (non-hydrogen) atoms. The highest BCUT2D eigenvalue weighted by Crippen LogP contribution is 2.31. The molecule has 8 nitrogen and oxygen atoms in total. The van der Waals surface area contributed by atoms with Crippen LogP contribution in [0.15, 0.2) is 92.8 Å². The molecule has 200 valence electrons. The fourth-order valence-electron chi connectivity index (χ4n) is 4.64. The van der Waals surface area contributed by atoms with E-state index in [4.69, 9.17) is 19.0 Å². The summed E-state index contributed by atoms with van der Waals surface area (Å²) in [7, 11) is 0. The molecule has 0 spiro atoms. The van der Waals surface area contributed by atoms with Crippen molar-refractivity contribution in [3.63, 3.8) is 0 Å². The van der Waals surface area contributed by atoms with Crippen LogP contribution in [0.5, 0.6) is 5.75 Å². The van der Waals surface area contributed by atoms with E-state index in [2.05, 4.69) is 51.4 Å². The lowest BCUT2D eigenvalue weighted by Gasteiger charge is -2.31. The van der Waals surface area contributed by atoms with Gasteiger partial charge in [-0.1, -0.05) is 65.8 Å².